The smallest absolute Gasteiger partial charge is 0.308 e. The number of aliphatic carboxylic acids is 1. The van der Waals surface area contributed by atoms with Crippen LogP contribution in [0.1, 0.15) is 13.3 Å². The number of carbonyl (C=O) groups is 1. The van der Waals surface area contributed by atoms with Crippen LogP contribution >= 0.6 is 0 Å². The zero-order valence-electron chi connectivity index (χ0n) is 10.5. The number of benzene rings is 1. The number of carboxylic acids is 1. The van der Waals surface area contributed by atoms with Gasteiger partial charge in [-0.1, -0.05) is 12.1 Å². The van der Waals surface area contributed by atoms with Gasteiger partial charge < -0.3 is 10.0 Å². The molecule has 0 radical (unpaired) electrons. The minimum atomic E-state index is -3.82. The van der Waals surface area contributed by atoms with Crippen LogP contribution in [0.2, 0.25) is 0 Å². The van der Waals surface area contributed by atoms with Crippen molar-refractivity contribution < 1.29 is 18.3 Å². The highest BCUT2D eigenvalue weighted by molar-refractivity contribution is 7.89. The lowest BCUT2D eigenvalue weighted by atomic mass is 10.0. The molecule has 1 aromatic carbocycles. The maximum atomic E-state index is 11.6. The summed E-state index contributed by atoms with van der Waals surface area (Å²) in [5, 5.41) is 14.3. The standard InChI is InChI=1S/C12H16N2O4S/c1-8-9(12(15)16)6-7-14(8)10-4-2-3-5-11(10)19(13,17)18/h2-5,8-9H,6-7H2,1H3,(H,15,16)(H2,13,17,18). The zero-order valence-corrected chi connectivity index (χ0v) is 11.3. The summed E-state index contributed by atoms with van der Waals surface area (Å²) in [4.78, 5) is 12.9. The normalized spacial score (nSPS) is 23.6. The molecule has 0 amide bonds. The molecule has 7 heteroatoms. The van der Waals surface area contributed by atoms with Gasteiger partial charge >= 0.3 is 5.97 Å². The molecule has 0 spiro atoms. The Morgan fingerprint density at radius 1 is 1.42 bits per heavy atom. The van der Waals surface area contributed by atoms with Crippen molar-refractivity contribution in [3.63, 3.8) is 0 Å². The predicted molar refractivity (Wildman–Crippen MR) is 70.4 cm³/mol. The molecular weight excluding hydrogens is 268 g/mol. The summed E-state index contributed by atoms with van der Waals surface area (Å²) in [5.74, 6) is -1.35. The molecule has 104 valence electrons. The summed E-state index contributed by atoms with van der Waals surface area (Å²) in [6.07, 6.45) is 0.495. The van der Waals surface area contributed by atoms with Crippen molar-refractivity contribution in [1.82, 2.24) is 0 Å². The Morgan fingerprint density at radius 3 is 2.58 bits per heavy atom. The number of hydrogen-bond donors (Lipinski definition) is 2. The van der Waals surface area contributed by atoms with Crippen LogP contribution in [0.15, 0.2) is 29.2 Å². The van der Waals surface area contributed by atoms with Crippen molar-refractivity contribution in [3.8, 4) is 0 Å². The second-order valence-corrected chi connectivity index (χ2v) is 6.21. The monoisotopic (exact) mass is 284 g/mol. The predicted octanol–water partition coefficient (Wildman–Crippen LogP) is 0.633. The largest absolute Gasteiger partial charge is 0.481 e. The van der Waals surface area contributed by atoms with Gasteiger partial charge in [-0.2, -0.15) is 0 Å². The fourth-order valence-corrected chi connectivity index (χ4v) is 3.29. The van der Waals surface area contributed by atoms with Gasteiger partial charge in [-0.05, 0) is 25.5 Å². The van der Waals surface area contributed by atoms with Crippen LogP contribution in [0.4, 0.5) is 5.69 Å². The molecule has 2 rings (SSSR count). The van der Waals surface area contributed by atoms with Crippen molar-refractivity contribution >= 4 is 21.7 Å². The Hall–Kier alpha value is -1.60. The molecule has 1 fully saturated rings. The Morgan fingerprint density at radius 2 is 2.05 bits per heavy atom. The van der Waals surface area contributed by atoms with Gasteiger partial charge in [-0.15, -0.1) is 0 Å². The highest BCUT2D eigenvalue weighted by atomic mass is 32.2. The number of sulfonamides is 1. The number of carboxylic acid groups (broad SMARTS) is 1. The summed E-state index contributed by atoms with van der Waals surface area (Å²) in [5.41, 5.74) is 0.473. The van der Waals surface area contributed by atoms with E-state index in [9.17, 15) is 13.2 Å². The van der Waals surface area contributed by atoms with E-state index in [1.54, 1.807) is 30.0 Å². The lowest BCUT2D eigenvalue weighted by Gasteiger charge is -2.27. The molecule has 1 saturated heterocycles. The van der Waals surface area contributed by atoms with E-state index in [-0.39, 0.29) is 10.9 Å². The third kappa shape index (κ3) is 2.57. The molecule has 3 N–H and O–H groups in total. The SMILES string of the molecule is CC1C(C(=O)O)CCN1c1ccccc1S(N)(=O)=O. The van der Waals surface area contributed by atoms with Crippen molar-refractivity contribution in [2.45, 2.75) is 24.3 Å². The van der Waals surface area contributed by atoms with Gasteiger partial charge in [0.05, 0.1) is 11.6 Å². The van der Waals surface area contributed by atoms with E-state index in [2.05, 4.69) is 0 Å². The summed E-state index contributed by atoms with van der Waals surface area (Å²) < 4.78 is 23.1. The summed E-state index contributed by atoms with van der Waals surface area (Å²) in [6, 6.07) is 6.13. The van der Waals surface area contributed by atoms with Crippen molar-refractivity contribution in [2.75, 3.05) is 11.4 Å². The van der Waals surface area contributed by atoms with Crippen molar-refractivity contribution in [3.05, 3.63) is 24.3 Å². The lowest BCUT2D eigenvalue weighted by molar-refractivity contribution is -0.141. The van der Waals surface area contributed by atoms with Crippen LogP contribution in [0.25, 0.3) is 0 Å². The first-order valence-electron chi connectivity index (χ1n) is 5.93. The van der Waals surface area contributed by atoms with Crippen LogP contribution in [0, 0.1) is 5.92 Å². The molecule has 0 aromatic heterocycles. The Labute approximate surface area is 111 Å². The lowest BCUT2D eigenvalue weighted by Crippen LogP contribution is -2.34. The van der Waals surface area contributed by atoms with Gasteiger partial charge in [-0.25, -0.2) is 13.6 Å². The highest BCUT2D eigenvalue weighted by Crippen LogP contribution is 2.33. The second kappa shape index (κ2) is 4.82. The molecule has 1 aromatic rings. The molecule has 0 saturated carbocycles. The molecule has 2 unspecified atom stereocenters. The van der Waals surface area contributed by atoms with E-state index in [0.29, 0.717) is 18.7 Å². The Kier molecular flexibility index (Phi) is 3.51. The van der Waals surface area contributed by atoms with Crippen molar-refractivity contribution in [2.24, 2.45) is 11.1 Å². The number of anilines is 1. The molecule has 1 heterocycles. The summed E-state index contributed by atoms with van der Waals surface area (Å²) in [7, 11) is -3.82. The Bertz CT molecular complexity index is 600. The minimum absolute atomic E-state index is 0.0351. The van der Waals surface area contributed by atoms with E-state index in [1.165, 1.54) is 6.07 Å². The third-order valence-corrected chi connectivity index (χ3v) is 4.51. The quantitative estimate of drug-likeness (QED) is 0.848. The average Bonchev–Trinajstić information content (AvgIpc) is 2.70. The summed E-state index contributed by atoms with van der Waals surface area (Å²) in [6.45, 7) is 2.29. The maximum absolute atomic E-state index is 11.6. The van der Waals surface area contributed by atoms with E-state index in [1.807, 2.05) is 0 Å². The number of nitrogens with zero attached hydrogens (tertiary/aromatic N) is 1. The van der Waals surface area contributed by atoms with Crippen molar-refractivity contribution in [1.29, 1.82) is 0 Å². The highest BCUT2D eigenvalue weighted by Gasteiger charge is 2.37. The third-order valence-electron chi connectivity index (χ3n) is 3.55. The van der Waals surface area contributed by atoms with Gasteiger partial charge in [0.25, 0.3) is 0 Å². The minimum Gasteiger partial charge on any atom is -0.481 e. The number of para-hydroxylation sites is 1. The molecule has 0 aliphatic carbocycles. The van der Waals surface area contributed by atoms with Gasteiger partial charge in [0.1, 0.15) is 4.90 Å². The van der Waals surface area contributed by atoms with E-state index < -0.39 is 21.9 Å². The van der Waals surface area contributed by atoms with E-state index >= 15 is 0 Å². The molecule has 1 aliphatic heterocycles. The van der Waals surface area contributed by atoms with Crippen LogP contribution in [-0.4, -0.2) is 32.1 Å². The zero-order chi connectivity index (χ0) is 14.2. The summed E-state index contributed by atoms with van der Waals surface area (Å²) >= 11 is 0. The maximum Gasteiger partial charge on any atom is 0.308 e. The van der Waals surface area contributed by atoms with E-state index in [0.717, 1.165) is 0 Å². The van der Waals surface area contributed by atoms with Gasteiger partial charge in [0.2, 0.25) is 10.0 Å². The first-order chi connectivity index (χ1) is 8.82. The van der Waals surface area contributed by atoms with E-state index in [4.69, 9.17) is 10.2 Å². The van der Waals surface area contributed by atoms with Gasteiger partial charge in [0, 0.05) is 12.6 Å². The Balaban J connectivity index is 2.42. The molecule has 1 aliphatic rings. The topological polar surface area (TPSA) is 101 Å². The number of primary sulfonamides is 1. The first-order valence-corrected chi connectivity index (χ1v) is 7.48. The number of rotatable bonds is 3. The van der Waals surface area contributed by atoms with Gasteiger partial charge in [0.15, 0.2) is 0 Å². The number of nitrogens with two attached hydrogens (primary N) is 1. The first kappa shape index (κ1) is 13.8. The fraction of sp³-hybridized carbons (Fsp3) is 0.417. The van der Waals surface area contributed by atoms with Crippen LogP contribution < -0.4 is 10.0 Å². The fourth-order valence-electron chi connectivity index (χ4n) is 2.54. The van der Waals surface area contributed by atoms with Crippen LogP contribution in [0.5, 0.6) is 0 Å². The second-order valence-electron chi connectivity index (χ2n) is 4.68. The van der Waals surface area contributed by atoms with Crippen LogP contribution in [-0.2, 0) is 14.8 Å². The number of hydrogen-bond acceptors (Lipinski definition) is 4. The molecule has 6 nitrogen and oxygen atoms in total. The van der Waals surface area contributed by atoms with Crippen LogP contribution in [0.3, 0.4) is 0 Å². The molecule has 19 heavy (non-hydrogen) atoms. The molecular formula is C12H16N2O4S. The van der Waals surface area contributed by atoms with Gasteiger partial charge in [-0.3, -0.25) is 4.79 Å². The molecule has 2 atom stereocenters. The average molecular weight is 284 g/mol. The molecule has 0 bridgehead atoms.